The molecule has 6 nitrogen and oxygen atoms in total. The molecule has 2 heterocycles. The number of fused-ring (bicyclic) bond motifs is 1. The fourth-order valence-corrected chi connectivity index (χ4v) is 1.51. The maximum Gasteiger partial charge on any atom is 0.258 e. The summed E-state index contributed by atoms with van der Waals surface area (Å²) in [5.74, 6) is 1.30. The number of rotatable bonds is 3. The number of aromatic nitrogens is 2. The highest BCUT2D eigenvalue weighted by Gasteiger charge is 2.26. The molecule has 0 saturated carbocycles. The minimum atomic E-state index is 0.154. The fourth-order valence-electron chi connectivity index (χ4n) is 1.51. The molecular formula is C8H15N5O. The zero-order valence-electron chi connectivity index (χ0n) is 8.37. The number of hydrogen-bond donors (Lipinski definition) is 3. The molecule has 1 atom stereocenters. The molecule has 0 aromatic carbocycles. The highest BCUT2D eigenvalue weighted by Crippen LogP contribution is 2.34. The van der Waals surface area contributed by atoms with Crippen LogP contribution in [0.2, 0.25) is 0 Å². The average molecular weight is 197 g/mol. The quantitative estimate of drug-likeness (QED) is 0.665. The van der Waals surface area contributed by atoms with E-state index < -0.39 is 0 Å². The largest absolute Gasteiger partial charge is 0.475 e. The molecule has 2 rings (SSSR count). The summed E-state index contributed by atoms with van der Waals surface area (Å²) in [5.41, 5.74) is 12.5. The Balaban J connectivity index is 2.33. The van der Waals surface area contributed by atoms with Crippen LogP contribution < -0.4 is 21.3 Å². The molecule has 0 amide bonds. The van der Waals surface area contributed by atoms with E-state index in [1.54, 1.807) is 0 Å². The summed E-state index contributed by atoms with van der Waals surface area (Å²) in [4.78, 5) is 0. The third-order valence-corrected chi connectivity index (χ3v) is 2.23. The lowest BCUT2D eigenvalue weighted by atomic mass is 10.4. The summed E-state index contributed by atoms with van der Waals surface area (Å²) in [6.07, 6.45) is 1.09. The second-order valence-corrected chi connectivity index (χ2v) is 3.14. The van der Waals surface area contributed by atoms with Gasteiger partial charge in [-0.25, -0.2) is 10.1 Å². The predicted octanol–water partition coefficient (Wildman–Crippen LogP) is 0.703. The Kier molecular flexibility index (Phi) is 2.20. The maximum atomic E-state index is 5.85. The maximum absolute atomic E-state index is 5.85. The summed E-state index contributed by atoms with van der Waals surface area (Å²) in [6.45, 7) is 4.56. The van der Waals surface area contributed by atoms with E-state index in [1.165, 1.54) is 0 Å². The number of nitrogen functional groups attached to an aromatic ring is 1. The second kappa shape index (κ2) is 3.38. The van der Waals surface area contributed by atoms with E-state index in [0.717, 1.165) is 12.2 Å². The van der Waals surface area contributed by atoms with Gasteiger partial charge in [0.1, 0.15) is 11.9 Å². The number of nitrogens with zero attached hydrogens (tertiary/aromatic N) is 2. The lowest BCUT2D eigenvalue weighted by molar-refractivity contribution is 0.315. The van der Waals surface area contributed by atoms with Crippen LogP contribution >= 0.6 is 0 Å². The summed E-state index contributed by atoms with van der Waals surface area (Å²) < 4.78 is 7.12. The topological polar surface area (TPSA) is 77.1 Å². The first-order valence-corrected chi connectivity index (χ1v) is 4.80. The molecule has 0 fully saturated rings. The molecule has 1 unspecified atom stereocenters. The van der Waals surface area contributed by atoms with Gasteiger partial charge in [0, 0.05) is 0 Å². The predicted molar refractivity (Wildman–Crippen MR) is 53.9 cm³/mol. The minimum Gasteiger partial charge on any atom is -0.475 e. The summed E-state index contributed by atoms with van der Waals surface area (Å²) in [6, 6.07) is 0. The number of hydrogen-bond acceptors (Lipinski definition) is 5. The Bertz CT molecular complexity index is 335. The van der Waals surface area contributed by atoms with Gasteiger partial charge < -0.3 is 15.9 Å². The number of hydrazine groups is 1. The molecule has 6 heteroatoms. The van der Waals surface area contributed by atoms with Crippen LogP contribution in [0, 0.1) is 0 Å². The second-order valence-electron chi connectivity index (χ2n) is 3.14. The van der Waals surface area contributed by atoms with E-state index in [4.69, 9.17) is 10.5 Å². The Morgan fingerprint density at radius 1 is 1.57 bits per heavy atom. The van der Waals surface area contributed by atoms with Crippen molar-refractivity contribution in [3.05, 3.63) is 0 Å². The summed E-state index contributed by atoms with van der Waals surface area (Å²) >= 11 is 0. The molecule has 1 aromatic rings. The molecule has 4 N–H and O–H groups in total. The number of nitrogens with one attached hydrogen (secondary N) is 2. The molecular weight excluding hydrogens is 182 g/mol. The van der Waals surface area contributed by atoms with Crippen molar-refractivity contribution in [3.8, 4) is 5.88 Å². The van der Waals surface area contributed by atoms with Crippen LogP contribution in [0.1, 0.15) is 26.4 Å². The first kappa shape index (κ1) is 9.14. The van der Waals surface area contributed by atoms with Crippen LogP contribution in [-0.4, -0.2) is 16.4 Å². The smallest absolute Gasteiger partial charge is 0.258 e. The van der Waals surface area contributed by atoms with Crippen LogP contribution in [-0.2, 0) is 0 Å². The zero-order chi connectivity index (χ0) is 10.1. The van der Waals surface area contributed by atoms with Crippen molar-refractivity contribution in [1.29, 1.82) is 0 Å². The van der Waals surface area contributed by atoms with E-state index in [-0.39, 0.29) is 6.17 Å². The van der Waals surface area contributed by atoms with E-state index in [1.807, 2.05) is 11.6 Å². The van der Waals surface area contributed by atoms with Gasteiger partial charge in [0.15, 0.2) is 5.82 Å². The van der Waals surface area contributed by atoms with Crippen molar-refractivity contribution in [2.24, 2.45) is 0 Å². The van der Waals surface area contributed by atoms with Gasteiger partial charge in [-0.3, -0.25) is 0 Å². The minimum absolute atomic E-state index is 0.154. The first-order chi connectivity index (χ1) is 6.77. The van der Waals surface area contributed by atoms with Crippen LogP contribution in [0.25, 0.3) is 0 Å². The fraction of sp³-hybridized carbons (Fsp3) is 0.625. The van der Waals surface area contributed by atoms with Gasteiger partial charge in [-0.2, -0.15) is 0 Å². The van der Waals surface area contributed by atoms with Gasteiger partial charge in [-0.15, -0.1) is 5.10 Å². The van der Waals surface area contributed by atoms with Gasteiger partial charge >= 0.3 is 0 Å². The average Bonchev–Trinajstić information content (AvgIpc) is 2.70. The van der Waals surface area contributed by atoms with Crippen molar-refractivity contribution in [3.63, 3.8) is 0 Å². The molecule has 1 aliphatic rings. The molecule has 0 bridgehead atoms. The van der Waals surface area contributed by atoms with Gasteiger partial charge in [-0.05, 0) is 13.3 Å². The molecule has 1 aromatic heterocycles. The highest BCUT2D eigenvalue weighted by atomic mass is 16.5. The lowest BCUT2D eigenvalue weighted by Gasteiger charge is -2.07. The molecule has 0 radical (unpaired) electrons. The monoisotopic (exact) mass is 197 g/mol. The van der Waals surface area contributed by atoms with Crippen molar-refractivity contribution in [2.75, 3.05) is 17.8 Å². The third-order valence-electron chi connectivity index (χ3n) is 2.23. The molecule has 14 heavy (non-hydrogen) atoms. The third kappa shape index (κ3) is 1.19. The van der Waals surface area contributed by atoms with Crippen molar-refractivity contribution >= 4 is 11.5 Å². The van der Waals surface area contributed by atoms with E-state index in [2.05, 4.69) is 22.9 Å². The molecule has 0 spiro atoms. The molecule has 0 aliphatic carbocycles. The number of ether oxygens (including phenoxy) is 1. The normalized spacial score (nSPS) is 19.1. The van der Waals surface area contributed by atoms with Crippen molar-refractivity contribution in [1.82, 2.24) is 15.2 Å². The number of nitrogens with two attached hydrogens (primary N) is 1. The van der Waals surface area contributed by atoms with Crippen molar-refractivity contribution in [2.45, 2.75) is 26.4 Å². The zero-order valence-corrected chi connectivity index (χ0v) is 8.37. The Morgan fingerprint density at radius 3 is 3.00 bits per heavy atom. The SMILES string of the molecule is CCOc1nn2c(c1N)NNC2CC. The van der Waals surface area contributed by atoms with Crippen LogP contribution in [0.3, 0.4) is 0 Å². The van der Waals surface area contributed by atoms with Crippen LogP contribution in [0.4, 0.5) is 11.5 Å². The summed E-state index contributed by atoms with van der Waals surface area (Å²) in [5, 5.41) is 4.28. The van der Waals surface area contributed by atoms with Gasteiger partial charge in [0.2, 0.25) is 0 Å². The Morgan fingerprint density at radius 2 is 2.36 bits per heavy atom. The van der Waals surface area contributed by atoms with Crippen LogP contribution in [0.5, 0.6) is 5.88 Å². The number of anilines is 2. The van der Waals surface area contributed by atoms with E-state index in [9.17, 15) is 0 Å². The molecule has 1 aliphatic heterocycles. The summed E-state index contributed by atoms with van der Waals surface area (Å²) in [7, 11) is 0. The van der Waals surface area contributed by atoms with Gasteiger partial charge in [-0.1, -0.05) is 6.92 Å². The van der Waals surface area contributed by atoms with E-state index >= 15 is 0 Å². The van der Waals surface area contributed by atoms with Crippen molar-refractivity contribution < 1.29 is 4.74 Å². The Hall–Kier alpha value is -1.43. The van der Waals surface area contributed by atoms with Gasteiger partial charge in [0.25, 0.3) is 5.88 Å². The Labute approximate surface area is 82.4 Å². The highest BCUT2D eigenvalue weighted by molar-refractivity contribution is 5.68. The first-order valence-electron chi connectivity index (χ1n) is 4.80. The molecule has 78 valence electrons. The van der Waals surface area contributed by atoms with E-state index in [0.29, 0.717) is 18.2 Å². The van der Waals surface area contributed by atoms with Gasteiger partial charge in [0.05, 0.1) is 6.61 Å². The van der Waals surface area contributed by atoms with Crippen LogP contribution in [0.15, 0.2) is 0 Å². The molecule has 0 saturated heterocycles. The standard InChI is InChI=1S/C8H15N5O/c1-3-5-10-11-7-6(9)8(14-4-2)12-13(5)7/h5,10-11H,3-4,9H2,1-2H3. The lowest BCUT2D eigenvalue weighted by Crippen LogP contribution is -2.21.